The predicted molar refractivity (Wildman–Crippen MR) is 199 cm³/mol. The number of carbonyl (C=O) groups excluding carboxylic acids is 3. The van der Waals surface area contributed by atoms with Crippen molar-refractivity contribution in [1.29, 1.82) is 0 Å². The molecule has 0 radical (unpaired) electrons. The highest BCUT2D eigenvalue weighted by Gasteiger charge is 2.35. The van der Waals surface area contributed by atoms with Crippen molar-refractivity contribution in [2.45, 2.75) is 76.0 Å². The Morgan fingerprint density at radius 3 is 2.06 bits per heavy atom. The zero-order chi connectivity index (χ0) is 35.4. The first-order valence-corrected chi connectivity index (χ1v) is 17.5. The Balaban J connectivity index is 1.58. The summed E-state index contributed by atoms with van der Waals surface area (Å²) in [7, 11) is 7.39. The van der Waals surface area contributed by atoms with Crippen LogP contribution in [0.25, 0.3) is 11.1 Å². The van der Waals surface area contributed by atoms with Crippen molar-refractivity contribution in [2.75, 3.05) is 41.3 Å². The van der Waals surface area contributed by atoms with Crippen LogP contribution < -0.4 is 10.6 Å². The molecular weight excluding hydrogens is 610 g/mol. The van der Waals surface area contributed by atoms with Gasteiger partial charge in [-0.1, -0.05) is 91.0 Å². The number of benzene rings is 3. The highest BCUT2D eigenvalue weighted by atomic mass is 16.2. The minimum Gasteiger partial charge on any atom is -0.354 e. The van der Waals surface area contributed by atoms with E-state index in [0.29, 0.717) is 31.8 Å². The summed E-state index contributed by atoms with van der Waals surface area (Å²) < 4.78 is 0. The van der Waals surface area contributed by atoms with E-state index < -0.39 is 12.1 Å². The van der Waals surface area contributed by atoms with Crippen molar-refractivity contribution in [1.82, 2.24) is 25.3 Å². The molecule has 49 heavy (non-hydrogen) atoms. The molecule has 0 aliphatic carbocycles. The van der Waals surface area contributed by atoms with E-state index in [1.807, 2.05) is 85.9 Å². The molecule has 2 N–H and O–H groups in total. The summed E-state index contributed by atoms with van der Waals surface area (Å²) in [6, 6.07) is 26.9. The number of hydrogen-bond acceptors (Lipinski definition) is 5. The van der Waals surface area contributed by atoms with Gasteiger partial charge in [-0.3, -0.25) is 14.4 Å². The smallest absolute Gasteiger partial charge is 0.246 e. The molecule has 1 heterocycles. The van der Waals surface area contributed by atoms with Gasteiger partial charge in [0, 0.05) is 45.1 Å². The van der Waals surface area contributed by atoms with Gasteiger partial charge in [0.2, 0.25) is 17.7 Å². The zero-order valence-electron chi connectivity index (χ0n) is 30.2. The van der Waals surface area contributed by atoms with Crippen molar-refractivity contribution >= 4 is 17.7 Å². The Labute approximate surface area is 293 Å². The SMILES string of the molecule is CNC(C)(C)C/C=C/C(=O)N(C)C(Cc1ccc(-c2ccccc2)cc1)C(=O)N(C)C(Cc1ccccc1)C(=O)NCCC1CCCN1C. The van der Waals surface area contributed by atoms with Crippen LogP contribution in [-0.2, 0) is 27.2 Å². The van der Waals surface area contributed by atoms with Gasteiger partial charge in [0.05, 0.1) is 0 Å². The van der Waals surface area contributed by atoms with E-state index in [4.69, 9.17) is 0 Å². The first kappa shape index (κ1) is 37.5. The summed E-state index contributed by atoms with van der Waals surface area (Å²) >= 11 is 0. The number of amides is 3. The van der Waals surface area contributed by atoms with Crippen molar-refractivity contribution in [3.05, 3.63) is 108 Å². The van der Waals surface area contributed by atoms with Gasteiger partial charge in [0.15, 0.2) is 0 Å². The third-order valence-corrected chi connectivity index (χ3v) is 9.99. The number of nitrogens with one attached hydrogen (secondary N) is 2. The van der Waals surface area contributed by atoms with Gasteiger partial charge in [-0.25, -0.2) is 0 Å². The number of hydrogen-bond donors (Lipinski definition) is 2. The molecule has 4 rings (SSSR count). The van der Waals surface area contributed by atoms with Crippen LogP contribution in [0.1, 0.15) is 50.7 Å². The minimum atomic E-state index is -0.819. The van der Waals surface area contributed by atoms with Gasteiger partial charge in [0.1, 0.15) is 12.1 Å². The molecular formula is C41H55N5O3. The van der Waals surface area contributed by atoms with E-state index >= 15 is 0 Å². The average Bonchev–Trinajstić information content (AvgIpc) is 3.53. The third kappa shape index (κ3) is 10.9. The highest BCUT2D eigenvalue weighted by Crippen LogP contribution is 2.22. The van der Waals surface area contributed by atoms with Crippen molar-refractivity contribution in [3.8, 4) is 11.1 Å². The molecule has 3 aromatic rings. The number of likely N-dealkylation sites (N-methyl/N-ethyl adjacent to an activating group) is 2. The largest absolute Gasteiger partial charge is 0.354 e. The molecule has 0 spiro atoms. The Morgan fingerprint density at radius 2 is 1.45 bits per heavy atom. The molecule has 1 aliphatic rings. The van der Waals surface area contributed by atoms with Gasteiger partial charge in [-0.15, -0.1) is 0 Å². The Hall–Kier alpha value is -4.27. The highest BCUT2D eigenvalue weighted by molar-refractivity contribution is 5.95. The monoisotopic (exact) mass is 665 g/mol. The van der Waals surface area contributed by atoms with E-state index in [1.54, 1.807) is 25.1 Å². The summed E-state index contributed by atoms with van der Waals surface area (Å²) in [4.78, 5) is 47.4. The van der Waals surface area contributed by atoms with Crippen molar-refractivity contribution in [2.24, 2.45) is 0 Å². The van der Waals surface area contributed by atoms with E-state index in [1.165, 1.54) is 11.3 Å². The first-order chi connectivity index (χ1) is 23.5. The van der Waals surface area contributed by atoms with Gasteiger partial charge < -0.3 is 25.3 Å². The molecule has 1 aliphatic heterocycles. The van der Waals surface area contributed by atoms with Gasteiger partial charge in [0.25, 0.3) is 0 Å². The molecule has 1 fully saturated rings. The molecule has 3 atom stereocenters. The number of rotatable bonds is 16. The van der Waals surface area contributed by atoms with E-state index in [-0.39, 0.29) is 23.3 Å². The Kier molecular flexibility index (Phi) is 13.7. The van der Waals surface area contributed by atoms with E-state index in [2.05, 4.69) is 48.6 Å². The molecule has 1 saturated heterocycles. The van der Waals surface area contributed by atoms with E-state index in [9.17, 15) is 14.4 Å². The van der Waals surface area contributed by atoms with Gasteiger partial charge in [-0.05, 0) is 88.5 Å². The van der Waals surface area contributed by atoms with Crippen molar-refractivity contribution in [3.63, 3.8) is 0 Å². The second-order valence-electron chi connectivity index (χ2n) is 14.0. The molecule has 8 nitrogen and oxygen atoms in total. The maximum Gasteiger partial charge on any atom is 0.246 e. The molecule has 3 unspecified atom stereocenters. The van der Waals surface area contributed by atoms with Crippen LogP contribution in [0, 0.1) is 0 Å². The van der Waals surface area contributed by atoms with Crippen LogP contribution in [-0.4, -0.2) is 97.4 Å². The lowest BCUT2D eigenvalue weighted by atomic mass is 9.98. The van der Waals surface area contributed by atoms with Gasteiger partial charge in [-0.2, -0.15) is 0 Å². The van der Waals surface area contributed by atoms with Crippen molar-refractivity contribution < 1.29 is 14.4 Å². The normalized spacial score (nSPS) is 16.3. The summed E-state index contributed by atoms with van der Waals surface area (Å²) in [5, 5.41) is 6.39. The summed E-state index contributed by atoms with van der Waals surface area (Å²) in [6.45, 7) is 5.76. The fourth-order valence-electron chi connectivity index (χ4n) is 6.36. The van der Waals surface area contributed by atoms with Crippen LogP contribution in [0.2, 0.25) is 0 Å². The lowest BCUT2D eigenvalue weighted by Crippen LogP contribution is -2.56. The number of nitrogens with zero attached hydrogens (tertiary/aromatic N) is 3. The fourth-order valence-corrected chi connectivity index (χ4v) is 6.36. The van der Waals surface area contributed by atoms with Crippen LogP contribution in [0.4, 0.5) is 0 Å². The fraction of sp³-hybridized carbons (Fsp3) is 0.439. The molecule has 262 valence electrons. The maximum absolute atomic E-state index is 14.5. The molecule has 0 bridgehead atoms. The van der Waals surface area contributed by atoms with Gasteiger partial charge >= 0.3 is 0 Å². The third-order valence-electron chi connectivity index (χ3n) is 9.99. The standard InChI is InChI=1S/C41H55N5O3/c1-41(2,42-3)26-13-20-38(47)45(5)37(30-32-21-23-34(24-22-32)33-17-11-8-12-18-33)40(49)46(6)36(29-31-15-9-7-10-16-31)39(48)43-27-25-35-19-14-28-44(35)4/h7-13,15-18,20-24,35-37,42H,14,19,25-30H2,1-6H3,(H,43,48)/b20-13+. The van der Waals surface area contributed by atoms with Crippen LogP contribution in [0.15, 0.2) is 97.1 Å². The van der Waals surface area contributed by atoms with Crippen LogP contribution in [0.5, 0.6) is 0 Å². The second-order valence-corrected chi connectivity index (χ2v) is 14.0. The number of likely N-dealkylation sites (tertiary alicyclic amines) is 1. The number of carbonyl (C=O) groups is 3. The minimum absolute atomic E-state index is 0.170. The lowest BCUT2D eigenvalue weighted by molar-refractivity contribution is -0.146. The predicted octanol–water partition coefficient (Wildman–Crippen LogP) is 5.34. The van der Waals surface area contributed by atoms with E-state index in [0.717, 1.165) is 41.6 Å². The van der Waals surface area contributed by atoms with Crippen LogP contribution >= 0.6 is 0 Å². The molecule has 8 heteroatoms. The second kappa shape index (κ2) is 17.9. The summed E-state index contributed by atoms with van der Waals surface area (Å²) in [5.74, 6) is -0.725. The average molecular weight is 666 g/mol. The van der Waals surface area contributed by atoms with Crippen LogP contribution in [0.3, 0.4) is 0 Å². The first-order valence-electron chi connectivity index (χ1n) is 17.5. The molecule has 0 saturated carbocycles. The Morgan fingerprint density at radius 1 is 0.857 bits per heavy atom. The molecule has 0 aromatic heterocycles. The topological polar surface area (TPSA) is 85.0 Å². The molecule has 3 aromatic carbocycles. The Bertz CT molecular complexity index is 1520. The zero-order valence-corrected chi connectivity index (χ0v) is 30.2. The summed E-state index contributed by atoms with van der Waals surface area (Å²) in [5.41, 5.74) is 3.91. The quantitative estimate of drug-likeness (QED) is 0.202. The lowest BCUT2D eigenvalue weighted by Gasteiger charge is -2.34. The maximum atomic E-state index is 14.5. The summed E-state index contributed by atoms with van der Waals surface area (Å²) in [6.07, 6.45) is 7.90. The molecule has 3 amide bonds.